The van der Waals surface area contributed by atoms with Crippen molar-refractivity contribution in [1.82, 2.24) is 14.8 Å². The van der Waals surface area contributed by atoms with Gasteiger partial charge in [0.2, 0.25) is 5.28 Å². The van der Waals surface area contributed by atoms with E-state index in [1.54, 1.807) is 10.6 Å². The van der Waals surface area contributed by atoms with E-state index in [0.29, 0.717) is 16.5 Å². The van der Waals surface area contributed by atoms with Gasteiger partial charge in [0, 0.05) is 10.4 Å². The third-order valence-corrected chi connectivity index (χ3v) is 2.86. The minimum Gasteiger partial charge on any atom is -0.269 e. The molecule has 96 valence electrons. The number of hydrogen-bond donors (Lipinski definition) is 0. The molecule has 0 amide bonds. The molecule has 1 aromatic carbocycles. The van der Waals surface area contributed by atoms with Crippen LogP contribution in [0.15, 0.2) is 18.2 Å². The number of hydrogen-bond acceptors (Lipinski definition) is 2. The molecular formula is C12H12Cl2FN3. The monoisotopic (exact) mass is 287 g/mol. The zero-order valence-electron chi connectivity index (χ0n) is 10.2. The molecule has 0 bridgehead atoms. The molecule has 2 aromatic rings. The summed E-state index contributed by atoms with van der Waals surface area (Å²) in [5.41, 5.74) is 0.249. The van der Waals surface area contributed by atoms with Crippen LogP contribution >= 0.6 is 23.2 Å². The van der Waals surface area contributed by atoms with Crippen LogP contribution in [0.5, 0.6) is 0 Å². The lowest BCUT2D eigenvalue weighted by atomic mass is 9.95. The van der Waals surface area contributed by atoms with Crippen molar-refractivity contribution in [1.29, 1.82) is 0 Å². The lowest BCUT2D eigenvalue weighted by molar-refractivity contribution is 0.532. The Morgan fingerprint density at radius 3 is 2.33 bits per heavy atom. The summed E-state index contributed by atoms with van der Waals surface area (Å²) in [6, 6.07) is 4.20. The summed E-state index contributed by atoms with van der Waals surface area (Å²) in [5, 5.41) is 8.35. The Morgan fingerprint density at radius 2 is 1.78 bits per heavy atom. The van der Waals surface area contributed by atoms with E-state index in [0.717, 1.165) is 0 Å². The largest absolute Gasteiger partial charge is 0.269 e. The predicted octanol–water partition coefficient (Wildman–Crippen LogP) is 4.01. The second-order valence-corrected chi connectivity index (χ2v) is 5.78. The summed E-state index contributed by atoms with van der Waals surface area (Å²) in [5.74, 6) is 0.219. The van der Waals surface area contributed by atoms with Crippen LogP contribution < -0.4 is 0 Å². The molecular weight excluding hydrogens is 276 g/mol. The number of rotatable bonds is 1. The summed E-state index contributed by atoms with van der Waals surface area (Å²) in [7, 11) is 0. The van der Waals surface area contributed by atoms with E-state index in [-0.39, 0.29) is 10.7 Å². The van der Waals surface area contributed by atoms with E-state index in [4.69, 9.17) is 23.2 Å². The van der Waals surface area contributed by atoms with Crippen LogP contribution in [0.4, 0.5) is 4.39 Å². The summed E-state index contributed by atoms with van der Waals surface area (Å²) in [6.07, 6.45) is 0. The maximum absolute atomic E-state index is 13.4. The molecule has 2 rings (SSSR count). The first kappa shape index (κ1) is 13.3. The minimum absolute atomic E-state index is 0.182. The van der Waals surface area contributed by atoms with Gasteiger partial charge < -0.3 is 0 Å². The van der Waals surface area contributed by atoms with E-state index in [1.165, 1.54) is 12.1 Å². The molecule has 0 radical (unpaired) electrons. The maximum atomic E-state index is 13.4. The summed E-state index contributed by atoms with van der Waals surface area (Å²) in [6.45, 7) is 5.93. The fourth-order valence-electron chi connectivity index (χ4n) is 1.65. The van der Waals surface area contributed by atoms with Gasteiger partial charge in [-0.2, -0.15) is 0 Å². The summed E-state index contributed by atoms with van der Waals surface area (Å²) in [4.78, 5) is 0. The molecule has 0 fully saturated rings. The molecule has 18 heavy (non-hydrogen) atoms. The van der Waals surface area contributed by atoms with Crippen molar-refractivity contribution in [3.05, 3.63) is 40.1 Å². The molecule has 0 aliphatic carbocycles. The van der Waals surface area contributed by atoms with Gasteiger partial charge in [0.15, 0.2) is 0 Å². The van der Waals surface area contributed by atoms with E-state index < -0.39 is 5.82 Å². The van der Waals surface area contributed by atoms with E-state index in [1.807, 2.05) is 20.8 Å². The molecule has 6 heteroatoms. The van der Waals surface area contributed by atoms with Crippen molar-refractivity contribution in [2.75, 3.05) is 0 Å². The number of nitrogens with zero attached hydrogens (tertiary/aromatic N) is 3. The predicted molar refractivity (Wildman–Crippen MR) is 70.0 cm³/mol. The van der Waals surface area contributed by atoms with Crippen LogP contribution in [0.2, 0.25) is 10.3 Å². The van der Waals surface area contributed by atoms with Gasteiger partial charge >= 0.3 is 0 Å². The highest BCUT2D eigenvalue weighted by Gasteiger charge is 2.24. The highest BCUT2D eigenvalue weighted by atomic mass is 35.5. The summed E-state index contributed by atoms with van der Waals surface area (Å²) < 4.78 is 15.0. The van der Waals surface area contributed by atoms with Crippen molar-refractivity contribution in [3.8, 4) is 5.69 Å². The fraction of sp³-hybridized carbons (Fsp3) is 0.333. The van der Waals surface area contributed by atoms with Crippen molar-refractivity contribution in [3.63, 3.8) is 0 Å². The van der Waals surface area contributed by atoms with Crippen LogP contribution in [-0.4, -0.2) is 14.8 Å². The smallest absolute Gasteiger partial charge is 0.229 e. The van der Waals surface area contributed by atoms with Crippen LogP contribution in [0.25, 0.3) is 5.69 Å². The highest BCUT2D eigenvalue weighted by Crippen LogP contribution is 2.28. The highest BCUT2D eigenvalue weighted by molar-refractivity contribution is 6.31. The summed E-state index contributed by atoms with van der Waals surface area (Å²) >= 11 is 11.9. The van der Waals surface area contributed by atoms with E-state index in [2.05, 4.69) is 10.2 Å². The Labute approximate surface area is 115 Å². The Kier molecular flexibility index (Phi) is 3.34. The second kappa shape index (κ2) is 4.52. The van der Waals surface area contributed by atoms with Gasteiger partial charge in [0.05, 0.1) is 5.69 Å². The van der Waals surface area contributed by atoms with Gasteiger partial charge in [-0.15, -0.1) is 10.2 Å². The van der Waals surface area contributed by atoms with Gasteiger partial charge in [-0.1, -0.05) is 32.4 Å². The first-order valence-electron chi connectivity index (χ1n) is 5.37. The lowest BCUT2D eigenvalue weighted by Gasteiger charge is -2.19. The molecule has 0 unspecified atom stereocenters. The Balaban J connectivity index is 2.67. The quantitative estimate of drug-likeness (QED) is 0.793. The SMILES string of the molecule is CC(C)(C)c1nnc(Cl)n1-c1cc(F)cc(Cl)c1. The normalized spacial score (nSPS) is 11.9. The molecule has 0 atom stereocenters. The van der Waals surface area contributed by atoms with Crippen LogP contribution in [0.3, 0.4) is 0 Å². The fourth-order valence-corrected chi connectivity index (χ4v) is 2.08. The molecule has 3 nitrogen and oxygen atoms in total. The van der Waals surface area contributed by atoms with Crippen LogP contribution in [-0.2, 0) is 5.41 Å². The number of benzene rings is 1. The van der Waals surface area contributed by atoms with Gasteiger partial charge in [0.25, 0.3) is 0 Å². The van der Waals surface area contributed by atoms with Crippen molar-refractivity contribution in [2.45, 2.75) is 26.2 Å². The molecule has 0 N–H and O–H groups in total. The molecule has 0 aliphatic heterocycles. The Bertz CT molecular complexity index is 567. The molecule has 0 saturated heterocycles. The molecule has 0 aliphatic rings. The van der Waals surface area contributed by atoms with E-state index in [9.17, 15) is 4.39 Å². The van der Waals surface area contributed by atoms with Gasteiger partial charge in [-0.05, 0) is 29.8 Å². The third kappa shape index (κ3) is 2.49. The van der Waals surface area contributed by atoms with Gasteiger partial charge in [-0.25, -0.2) is 4.39 Å². The minimum atomic E-state index is -0.429. The standard InChI is InChI=1S/C12H12Cl2FN3/c1-12(2,3)10-16-17-11(14)18(10)9-5-7(13)4-8(15)6-9/h4-6H,1-3H3. The zero-order valence-corrected chi connectivity index (χ0v) is 11.7. The van der Waals surface area contributed by atoms with Crippen LogP contribution in [0, 0.1) is 5.82 Å². The van der Waals surface area contributed by atoms with Crippen molar-refractivity contribution in [2.24, 2.45) is 0 Å². The molecule has 1 heterocycles. The number of halogens is 3. The molecule has 0 saturated carbocycles. The van der Waals surface area contributed by atoms with Crippen molar-refractivity contribution < 1.29 is 4.39 Å². The Hall–Kier alpha value is -1.13. The zero-order chi connectivity index (χ0) is 13.5. The first-order valence-corrected chi connectivity index (χ1v) is 6.12. The van der Waals surface area contributed by atoms with Crippen molar-refractivity contribution >= 4 is 23.2 Å². The van der Waals surface area contributed by atoms with Gasteiger partial charge in [-0.3, -0.25) is 4.57 Å². The lowest BCUT2D eigenvalue weighted by Crippen LogP contribution is -2.18. The Morgan fingerprint density at radius 1 is 1.11 bits per heavy atom. The molecule has 1 aromatic heterocycles. The molecule has 0 spiro atoms. The van der Waals surface area contributed by atoms with E-state index >= 15 is 0 Å². The van der Waals surface area contributed by atoms with Gasteiger partial charge in [0.1, 0.15) is 11.6 Å². The average molecular weight is 288 g/mol. The second-order valence-electron chi connectivity index (χ2n) is 5.01. The maximum Gasteiger partial charge on any atom is 0.229 e. The third-order valence-electron chi connectivity index (χ3n) is 2.40. The first-order chi connectivity index (χ1) is 8.29. The topological polar surface area (TPSA) is 30.7 Å². The number of aromatic nitrogens is 3. The van der Waals surface area contributed by atoms with Crippen LogP contribution in [0.1, 0.15) is 26.6 Å². The average Bonchev–Trinajstić information content (AvgIpc) is 2.57.